The lowest BCUT2D eigenvalue weighted by Gasteiger charge is -2.07. The number of aromatic nitrogens is 5. The van der Waals surface area contributed by atoms with E-state index in [9.17, 15) is 17.1 Å². The Morgan fingerprint density at radius 2 is 1.91 bits per heavy atom. The van der Waals surface area contributed by atoms with Crippen LogP contribution in [0.3, 0.4) is 0 Å². The van der Waals surface area contributed by atoms with Crippen molar-refractivity contribution in [3.8, 4) is 11.6 Å². The third kappa shape index (κ3) is 4.64. The van der Waals surface area contributed by atoms with Crippen molar-refractivity contribution >= 4 is 33.8 Å². The van der Waals surface area contributed by atoms with Gasteiger partial charge in [-0.2, -0.15) is 27.9 Å². The number of furan rings is 1. The van der Waals surface area contributed by atoms with E-state index in [4.69, 9.17) is 10.2 Å². The highest BCUT2D eigenvalue weighted by Gasteiger charge is 2.14. The van der Waals surface area contributed by atoms with Gasteiger partial charge in [0, 0.05) is 18.7 Å². The highest BCUT2D eigenvalue weighted by molar-refractivity contribution is 7.86. The van der Waals surface area contributed by atoms with E-state index in [1.165, 1.54) is 22.9 Å². The number of nitrogen functional groups attached to an aromatic ring is 1. The molecule has 4 rings (SSSR count). The normalized spacial score (nSPS) is 11.5. The zero-order valence-corrected chi connectivity index (χ0v) is 17.2. The van der Waals surface area contributed by atoms with Gasteiger partial charge in [0.25, 0.3) is 11.7 Å². The largest absolute Gasteiger partial charge is 0.461 e. The third-order valence-corrected chi connectivity index (χ3v) is 5.13. The van der Waals surface area contributed by atoms with E-state index in [2.05, 4.69) is 30.7 Å². The molecule has 3 aromatic heterocycles. The Hall–Kier alpha value is -4.07. The number of rotatable bonds is 8. The lowest BCUT2D eigenvalue weighted by molar-refractivity contribution is 0.0953. The molecule has 0 radical (unpaired) electrons. The maximum atomic E-state index is 12.9. The highest BCUT2D eigenvalue weighted by atomic mass is 32.3. The number of benzene rings is 1. The van der Waals surface area contributed by atoms with E-state index in [0.717, 1.165) is 12.1 Å². The molecule has 0 aliphatic heterocycles. The first kappa shape index (κ1) is 21.2. The van der Waals surface area contributed by atoms with Gasteiger partial charge < -0.3 is 20.8 Å². The average Bonchev–Trinajstić information content (AvgIpc) is 3.43. The Morgan fingerprint density at radius 3 is 2.59 bits per heavy atom. The van der Waals surface area contributed by atoms with Gasteiger partial charge in [0.2, 0.25) is 17.7 Å². The molecular weight excluding hydrogens is 443 g/mol. The van der Waals surface area contributed by atoms with Crippen molar-refractivity contribution in [2.75, 3.05) is 24.1 Å². The molecule has 1 aromatic carbocycles. The Morgan fingerprint density at radius 1 is 1.12 bits per heavy atom. The quantitative estimate of drug-likeness (QED) is 0.257. The molecule has 3 heterocycles. The van der Waals surface area contributed by atoms with Gasteiger partial charge in [0.15, 0.2) is 5.76 Å². The molecular formula is C18H17FN8O4S. The lowest BCUT2D eigenvalue weighted by atomic mass is 10.2. The van der Waals surface area contributed by atoms with Crippen LogP contribution in [0.15, 0.2) is 52.0 Å². The zero-order chi connectivity index (χ0) is 22.7. The Labute approximate surface area is 180 Å². The number of fused-ring (bicyclic) bond motifs is 1. The van der Waals surface area contributed by atoms with Crippen LogP contribution in [0.4, 0.5) is 15.8 Å². The van der Waals surface area contributed by atoms with Crippen molar-refractivity contribution in [3.05, 3.63) is 48.2 Å². The van der Waals surface area contributed by atoms with E-state index in [-0.39, 0.29) is 23.2 Å². The summed E-state index contributed by atoms with van der Waals surface area (Å²) in [7, 11) is -4.80. The van der Waals surface area contributed by atoms with E-state index >= 15 is 0 Å². The summed E-state index contributed by atoms with van der Waals surface area (Å²) < 4.78 is 41.1. The second-order valence-corrected chi connectivity index (χ2v) is 7.88. The van der Waals surface area contributed by atoms with Gasteiger partial charge in [-0.1, -0.05) is 0 Å². The van der Waals surface area contributed by atoms with Crippen LogP contribution < -0.4 is 16.4 Å². The van der Waals surface area contributed by atoms with Crippen LogP contribution in [0, 0.1) is 0 Å². The Balaban J connectivity index is 1.29. The zero-order valence-electron chi connectivity index (χ0n) is 16.4. The summed E-state index contributed by atoms with van der Waals surface area (Å²) in [5.74, 6) is 0.980. The molecule has 1 amide bonds. The molecule has 4 N–H and O–H groups in total. The summed E-state index contributed by atoms with van der Waals surface area (Å²) in [5.41, 5.74) is 6.13. The number of nitrogens with zero attached hydrogens (tertiary/aromatic N) is 5. The van der Waals surface area contributed by atoms with Crippen LogP contribution in [0.25, 0.3) is 17.4 Å². The van der Waals surface area contributed by atoms with Gasteiger partial charge in [-0.3, -0.25) is 4.79 Å². The summed E-state index contributed by atoms with van der Waals surface area (Å²) in [6.45, 7) is 0.744. The standard InChI is InChI=1S/C18H17FN8O4S/c19-32(29,30)12-6-4-11(5-7-12)15(28)21-8-2-9-22-17-24-16(20)27-18(25-17)23-14(26-27)13-3-1-10-31-13/h1,3-7,10H,2,8-9H2,(H,21,28)(H3,20,22,23,24,25,26). The van der Waals surface area contributed by atoms with Gasteiger partial charge >= 0.3 is 10.2 Å². The van der Waals surface area contributed by atoms with E-state index in [1.54, 1.807) is 12.1 Å². The van der Waals surface area contributed by atoms with Crippen LogP contribution >= 0.6 is 0 Å². The fraction of sp³-hybridized carbons (Fsp3) is 0.167. The summed E-state index contributed by atoms with van der Waals surface area (Å²) in [6.07, 6.45) is 2.03. The lowest BCUT2D eigenvalue weighted by Crippen LogP contribution is -2.26. The molecule has 12 nitrogen and oxygen atoms in total. The maximum absolute atomic E-state index is 12.9. The van der Waals surface area contributed by atoms with Crippen molar-refractivity contribution in [3.63, 3.8) is 0 Å². The Kier molecular flexibility index (Phi) is 5.68. The molecule has 0 fully saturated rings. The molecule has 0 atom stereocenters. The highest BCUT2D eigenvalue weighted by Crippen LogP contribution is 2.17. The smallest absolute Gasteiger partial charge is 0.332 e. The first-order valence-corrected chi connectivity index (χ1v) is 10.7. The second kappa shape index (κ2) is 8.58. The van der Waals surface area contributed by atoms with Crippen molar-refractivity contribution in [1.29, 1.82) is 0 Å². The SMILES string of the molecule is Nc1nc(NCCCNC(=O)c2ccc(S(=O)(=O)F)cc2)nc2nc(-c3ccco3)nn12. The maximum Gasteiger partial charge on any atom is 0.332 e. The third-order valence-electron chi connectivity index (χ3n) is 4.30. The van der Waals surface area contributed by atoms with E-state index in [0.29, 0.717) is 31.1 Å². The fourth-order valence-corrected chi connectivity index (χ4v) is 3.22. The molecule has 0 aliphatic carbocycles. The number of nitrogens with two attached hydrogens (primary N) is 1. The molecule has 14 heteroatoms. The first-order valence-electron chi connectivity index (χ1n) is 9.32. The van der Waals surface area contributed by atoms with Gasteiger partial charge in [-0.15, -0.1) is 8.98 Å². The van der Waals surface area contributed by atoms with Crippen LogP contribution in [0.5, 0.6) is 0 Å². The van der Waals surface area contributed by atoms with Crippen molar-refractivity contribution in [2.24, 2.45) is 0 Å². The number of carbonyl (C=O) groups is 1. The van der Waals surface area contributed by atoms with Gasteiger partial charge in [-0.05, 0) is 42.8 Å². The number of amides is 1. The number of hydrogen-bond donors (Lipinski definition) is 3. The fourth-order valence-electron chi connectivity index (χ4n) is 2.76. The predicted octanol–water partition coefficient (Wildman–Crippen LogP) is 1.25. The van der Waals surface area contributed by atoms with Crippen molar-refractivity contribution in [1.82, 2.24) is 29.9 Å². The molecule has 4 aromatic rings. The summed E-state index contributed by atoms with van der Waals surface area (Å²) in [5, 5.41) is 9.88. The topological polar surface area (TPSA) is 170 Å². The van der Waals surface area contributed by atoms with E-state index < -0.39 is 21.0 Å². The van der Waals surface area contributed by atoms with Crippen molar-refractivity contribution in [2.45, 2.75) is 11.3 Å². The monoisotopic (exact) mass is 460 g/mol. The molecule has 0 aliphatic rings. The van der Waals surface area contributed by atoms with Gasteiger partial charge in [0.1, 0.15) is 0 Å². The second-order valence-electron chi connectivity index (χ2n) is 6.53. The Bertz CT molecular complexity index is 1350. The van der Waals surface area contributed by atoms with Crippen LogP contribution in [0.2, 0.25) is 0 Å². The van der Waals surface area contributed by atoms with Crippen molar-refractivity contribution < 1.29 is 21.5 Å². The molecule has 0 spiro atoms. The molecule has 0 unspecified atom stereocenters. The number of halogens is 1. The molecule has 0 saturated heterocycles. The minimum Gasteiger partial charge on any atom is -0.461 e. The molecule has 0 bridgehead atoms. The molecule has 32 heavy (non-hydrogen) atoms. The minimum atomic E-state index is -4.80. The summed E-state index contributed by atoms with van der Waals surface area (Å²) in [6, 6.07) is 7.97. The molecule has 166 valence electrons. The predicted molar refractivity (Wildman–Crippen MR) is 111 cm³/mol. The number of anilines is 2. The van der Waals surface area contributed by atoms with Crippen LogP contribution in [-0.4, -0.2) is 52.0 Å². The average molecular weight is 460 g/mol. The first-order chi connectivity index (χ1) is 15.3. The van der Waals surface area contributed by atoms with Crippen LogP contribution in [0.1, 0.15) is 16.8 Å². The number of nitrogens with one attached hydrogen (secondary N) is 2. The number of carbonyl (C=O) groups excluding carboxylic acids is 1. The van der Waals surface area contributed by atoms with E-state index in [1.807, 2.05) is 0 Å². The minimum absolute atomic E-state index is 0.0925. The van der Waals surface area contributed by atoms with Crippen LogP contribution in [-0.2, 0) is 10.2 Å². The van der Waals surface area contributed by atoms with Gasteiger partial charge in [0.05, 0.1) is 11.2 Å². The van der Waals surface area contributed by atoms with Gasteiger partial charge in [-0.25, -0.2) is 0 Å². The number of hydrogen-bond acceptors (Lipinski definition) is 10. The summed E-state index contributed by atoms with van der Waals surface area (Å²) >= 11 is 0. The molecule has 0 saturated carbocycles. The summed E-state index contributed by atoms with van der Waals surface area (Å²) in [4.78, 5) is 24.2.